The Balaban J connectivity index is 0.0000166. The number of hydrogen-bond acceptors (Lipinski definition) is 25. The van der Waals surface area contributed by atoms with Gasteiger partial charge in [-0.3, -0.25) is 0 Å². The molecule has 2 aliphatic rings. The Hall–Kier alpha value is -4.91. The Morgan fingerprint density at radius 2 is 0.455 bits per heavy atom. The van der Waals surface area contributed by atoms with Crippen LogP contribution < -0.4 is 28.9 Å². The molecule has 5 heterocycles. The van der Waals surface area contributed by atoms with Gasteiger partial charge in [-0.15, -0.1) is 0 Å². The summed E-state index contributed by atoms with van der Waals surface area (Å²) >= 11 is 0. The molecule has 0 spiro atoms. The molecule has 28 heteroatoms. The molecule has 88 heavy (non-hydrogen) atoms. The average Bonchev–Trinajstić information content (AvgIpc) is 2.68. The van der Waals surface area contributed by atoms with Gasteiger partial charge in [-0.05, 0) is 79.7 Å². The summed E-state index contributed by atoms with van der Waals surface area (Å²) in [5.74, 6) is -8.66. The van der Waals surface area contributed by atoms with E-state index >= 15 is 0 Å². The quantitative estimate of drug-likeness (QED) is 0.0521. The van der Waals surface area contributed by atoms with Crippen LogP contribution in [0, 0.1) is 6.92 Å². The molecule has 0 aromatic carbocycles. The molecule has 27 nitrogen and oxygen atoms in total. The first kappa shape index (κ1) is 75.5. The number of nitrogens with zero attached hydrogens (tertiary/aromatic N) is 4. The van der Waals surface area contributed by atoms with Crippen molar-refractivity contribution >= 4 is 45.1 Å². The van der Waals surface area contributed by atoms with Gasteiger partial charge in [0.15, 0.2) is 63.5 Å². The van der Waals surface area contributed by atoms with E-state index in [1.165, 1.54) is 107 Å². The van der Waals surface area contributed by atoms with Gasteiger partial charge in [0, 0.05) is 114 Å². The van der Waals surface area contributed by atoms with Gasteiger partial charge in [-0.2, -0.15) is 0 Å². The van der Waals surface area contributed by atoms with Crippen molar-refractivity contribution in [1.82, 2.24) is 19.9 Å². The molecule has 2 aliphatic heterocycles. The fraction of sp³-hybridized carbons (Fsp3) is 0.650. The summed E-state index contributed by atoms with van der Waals surface area (Å²) in [4.78, 5) is 20.9. The van der Waals surface area contributed by atoms with Gasteiger partial charge in [0.25, 0.3) is 0 Å². The van der Waals surface area contributed by atoms with Crippen LogP contribution in [0.2, 0.25) is 0 Å². The first-order valence-electron chi connectivity index (χ1n) is 27.3. The van der Waals surface area contributed by atoms with Crippen LogP contribution in [-0.4, -0.2) is 216 Å². The maximum Gasteiger partial charge on any atom is 2.00 e. The van der Waals surface area contributed by atoms with Crippen LogP contribution in [0.15, 0.2) is 24.3 Å². The number of rotatable bonds is 39. The van der Waals surface area contributed by atoms with E-state index in [0.717, 1.165) is 0 Å². The van der Waals surface area contributed by atoms with Crippen molar-refractivity contribution in [2.45, 2.75) is 102 Å². The predicted molar refractivity (Wildman–Crippen MR) is 315 cm³/mol. The molecule has 0 aliphatic carbocycles. The summed E-state index contributed by atoms with van der Waals surface area (Å²) in [5.41, 5.74) is -0.334. The molecule has 0 N–H and O–H groups in total. The van der Waals surface area contributed by atoms with Gasteiger partial charge in [-0.1, -0.05) is 22.1 Å². The van der Waals surface area contributed by atoms with Crippen LogP contribution in [0.4, 0.5) is 0 Å². The van der Waals surface area contributed by atoms with E-state index in [2.05, 4.69) is 0 Å². The second-order valence-corrected chi connectivity index (χ2v) is 21.4. The largest absolute Gasteiger partial charge is 2.00 e. The smallest absolute Gasteiger partial charge is 0.652 e. The van der Waals surface area contributed by atoms with Crippen LogP contribution in [0.5, 0.6) is 23.0 Å². The van der Waals surface area contributed by atoms with Crippen LogP contribution in [0.25, 0.3) is 45.1 Å². The van der Waals surface area contributed by atoms with Crippen molar-refractivity contribution in [1.29, 1.82) is 0 Å². The SMILES string of the molecule is [CH]C(C)(COC1=C(OCC(C)(OC)OC)c2cc3[n-]c(cc4nc(cc5[n-]c(cc1n2)c(OCC(C)(OC)OC)c5OCC(C)(OC)OC)C(OCC(C)(OC)OC)=C4OCC(C)(OC)OC)c(OCC(C)(OC)OC)c3OCC(C)(OC)OC)OC.[Pt+2]. The van der Waals surface area contributed by atoms with E-state index < -0.39 is 46.1 Å². The van der Waals surface area contributed by atoms with Gasteiger partial charge >= 0.3 is 21.1 Å². The van der Waals surface area contributed by atoms with E-state index in [0.29, 0.717) is 0 Å². The topological polar surface area (TPSA) is 266 Å². The van der Waals surface area contributed by atoms with Crippen molar-refractivity contribution in [3.63, 3.8) is 0 Å². The zero-order chi connectivity index (χ0) is 64.8. The van der Waals surface area contributed by atoms with Gasteiger partial charge in [0.2, 0.25) is 0 Å². The summed E-state index contributed by atoms with van der Waals surface area (Å²) in [6.07, 6.45) is 0. The molecule has 0 saturated heterocycles. The minimum absolute atomic E-state index is 0. The minimum Gasteiger partial charge on any atom is -0.652 e. The third-order valence-electron chi connectivity index (χ3n) is 15.1. The van der Waals surface area contributed by atoms with Gasteiger partial charge < -0.3 is 119 Å². The Morgan fingerprint density at radius 1 is 0.284 bits per heavy atom. The zero-order valence-electron chi connectivity index (χ0n) is 55.0. The molecule has 3 aromatic heterocycles. The molecule has 2 radical (unpaired) electrons. The van der Waals surface area contributed by atoms with Gasteiger partial charge in [0.1, 0.15) is 104 Å². The third kappa shape index (κ3) is 18.4. The van der Waals surface area contributed by atoms with Crippen LogP contribution >= 0.6 is 0 Å². The maximum absolute atomic E-state index is 6.75. The van der Waals surface area contributed by atoms with Crippen molar-refractivity contribution in [2.24, 2.45) is 0 Å². The number of methoxy groups -OCH3 is 15. The van der Waals surface area contributed by atoms with Gasteiger partial charge in [0.05, 0.1) is 0 Å². The average molecular weight is 1430 g/mol. The Labute approximate surface area is 530 Å². The third-order valence-corrected chi connectivity index (χ3v) is 15.1. The first-order valence-corrected chi connectivity index (χ1v) is 27.3. The van der Waals surface area contributed by atoms with Crippen molar-refractivity contribution in [3.8, 4) is 23.0 Å². The van der Waals surface area contributed by atoms with Gasteiger partial charge in [-0.25, -0.2) is 9.97 Å². The Morgan fingerprint density at radius 3 is 0.625 bits per heavy atom. The Kier molecular flexibility index (Phi) is 27.4. The summed E-state index contributed by atoms with van der Waals surface area (Å²) < 4.78 is 140. The fourth-order valence-corrected chi connectivity index (χ4v) is 7.38. The molecule has 0 fully saturated rings. The van der Waals surface area contributed by atoms with E-state index in [1.807, 2.05) is 0 Å². The van der Waals surface area contributed by atoms with Crippen molar-refractivity contribution < 1.29 is 130 Å². The predicted octanol–water partition coefficient (Wildman–Crippen LogP) is 6.98. The maximum atomic E-state index is 6.75. The molecule has 1 atom stereocenters. The Bertz CT molecular complexity index is 2950. The molecule has 0 saturated carbocycles. The van der Waals surface area contributed by atoms with Crippen molar-refractivity contribution in [3.05, 3.63) is 54.0 Å². The number of hydrogen-bond donors (Lipinski definition) is 0. The molecule has 3 aromatic rings. The van der Waals surface area contributed by atoms with Crippen LogP contribution in [0.3, 0.4) is 0 Å². The second-order valence-electron chi connectivity index (χ2n) is 21.4. The molecule has 8 bridgehead atoms. The van der Waals surface area contributed by atoms with E-state index in [1.54, 1.807) is 79.7 Å². The number of aromatic nitrogens is 4. The molecule has 5 rings (SSSR count). The van der Waals surface area contributed by atoms with Crippen LogP contribution in [-0.2, 0) is 111 Å². The van der Waals surface area contributed by atoms with E-state index in [4.69, 9.17) is 136 Å². The molecular formula is C60H90N4O23Pt. The minimum atomic E-state index is -1.35. The van der Waals surface area contributed by atoms with E-state index in [9.17, 15) is 0 Å². The summed E-state index contributed by atoms with van der Waals surface area (Å²) in [5, 5.41) is 0. The van der Waals surface area contributed by atoms with Crippen molar-refractivity contribution in [2.75, 3.05) is 160 Å². The monoisotopic (exact) mass is 1430 g/mol. The fourth-order valence-electron chi connectivity index (χ4n) is 7.38. The summed E-state index contributed by atoms with van der Waals surface area (Å²) in [6, 6.07) is 6.39. The number of ether oxygens (including phenoxy) is 23. The standard InChI is InChI=1S/C60H90N4O23.Pt/c1-53(2,65-10)29-80-45-37-25-39-47(82-31-55(4,68-13)69-14)49(84-33-57(6,72-17)73-18)41(62-39)27-43-51(86-35-59(8,76-21)77-22)52(87-36-60(9,78-23)79-24)44(64-43)28-42-50(85-34-58(7,74-19)75-20)48(83-32-56(5,70-15)71-16)40(63-42)26-38(61-37)46(45)81-30-54(3,66-11)67-12;/h1,25-28H,29-36H2,2-24H3;/q-2;+2. The van der Waals surface area contributed by atoms with E-state index in [-0.39, 0.29) is 165 Å². The summed E-state index contributed by atoms with van der Waals surface area (Å²) in [6.45, 7) is 18.3. The first-order chi connectivity index (χ1) is 41.0. The van der Waals surface area contributed by atoms with Crippen LogP contribution in [0.1, 0.15) is 78.2 Å². The normalized spacial score (nSPS) is 13.9. The number of fused-ring (bicyclic) bond motifs is 8. The summed E-state index contributed by atoms with van der Waals surface area (Å²) in [7, 11) is 22.2. The molecular weight excluding hydrogens is 1340 g/mol. The molecule has 0 amide bonds. The molecule has 1 unspecified atom stereocenters. The zero-order valence-corrected chi connectivity index (χ0v) is 57.3. The second kappa shape index (κ2) is 31.9. The molecule has 498 valence electrons.